The Morgan fingerprint density at radius 3 is 1.98 bits per heavy atom. The number of rotatable bonds is 16. The van der Waals surface area contributed by atoms with Gasteiger partial charge in [-0.2, -0.15) is 0 Å². The summed E-state index contributed by atoms with van der Waals surface area (Å²) in [4.78, 5) is 25.3. The summed E-state index contributed by atoms with van der Waals surface area (Å²) in [6, 6.07) is 12.2. The third-order valence-corrected chi connectivity index (χ3v) is 7.05. The number of nitrogens with zero attached hydrogens (tertiary/aromatic N) is 2. The van der Waals surface area contributed by atoms with E-state index in [1.165, 1.54) is 59.6 Å². The Balaban J connectivity index is 0.000000670. The second kappa shape index (κ2) is 28.7. The van der Waals surface area contributed by atoms with Crippen LogP contribution in [0.25, 0.3) is 0 Å². The number of unbranched alkanes of at least 4 members (excludes halogenated alkanes) is 5. The van der Waals surface area contributed by atoms with Gasteiger partial charge >= 0.3 is 11.9 Å². The van der Waals surface area contributed by atoms with E-state index in [0.29, 0.717) is 24.1 Å². The summed E-state index contributed by atoms with van der Waals surface area (Å²) in [5.41, 5.74) is 1.06. The van der Waals surface area contributed by atoms with Gasteiger partial charge in [-0.25, -0.2) is 14.2 Å². The highest BCUT2D eigenvalue weighted by atomic mass is 16.5. The van der Waals surface area contributed by atoms with Crippen molar-refractivity contribution < 1.29 is 43.7 Å². The molecule has 11 nitrogen and oxygen atoms in total. The van der Waals surface area contributed by atoms with Crippen molar-refractivity contribution in [2.45, 2.75) is 89.6 Å². The molecule has 0 amide bonds. The number of methoxy groups -OCH3 is 3. The van der Waals surface area contributed by atoms with E-state index in [-0.39, 0.29) is 11.9 Å². The number of carbonyl (C=O) groups is 2. The van der Waals surface area contributed by atoms with Gasteiger partial charge in [0.15, 0.2) is 6.20 Å². The molecule has 0 bridgehead atoms. The number of aromatic nitrogens is 1. The number of aliphatic hydroxyl groups excluding tert-OH is 3. The van der Waals surface area contributed by atoms with Gasteiger partial charge in [0.05, 0.1) is 37.6 Å². The van der Waals surface area contributed by atoms with Crippen LogP contribution in [0.1, 0.15) is 85.9 Å². The molecule has 264 valence electrons. The lowest BCUT2D eigenvalue weighted by Crippen LogP contribution is -2.48. The molecular weight excluding hydrogens is 602 g/mol. The summed E-state index contributed by atoms with van der Waals surface area (Å²) in [5.74, 6) is -0.645. The number of carbonyl (C=O) groups excluding carboxylic acids is 2. The predicted octanol–water partition coefficient (Wildman–Crippen LogP) is 4.40. The lowest BCUT2D eigenvalue weighted by molar-refractivity contribution is -0.413. The maximum absolute atomic E-state index is 10.8. The number of aliphatic hydroxyl groups is 3. The van der Waals surface area contributed by atoms with Crippen molar-refractivity contribution in [3.63, 3.8) is 0 Å². The van der Waals surface area contributed by atoms with Crippen LogP contribution in [-0.2, 0) is 14.2 Å². The molecular formula is C36H58N3O8+. The van der Waals surface area contributed by atoms with E-state index in [4.69, 9.17) is 4.74 Å². The first kappa shape index (κ1) is 43.5. The lowest BCUT2D eigenvalue weighted by Gasteiger charge is -2.28. The zero-order valence-electron chi connectivity index (χ0n) is 29.1. The van der Waals surface area contributed by atoms with Gasteiger partial charge < -0.3 is 34.8 Å². The summed E-state index contributed by atoms with van der Waals surface area (Å²) in [7, 11) is 6.25. The standard InChI is InChI=1S/C16H35NO4.C8H8O2.C7H7NO2.C5H8N/c1-4-6-7-8-9-10-11-17-12-14(21-3)16(20)15(19)13(18)5-2;1-10-8(9)7-5-3-2-4-6-7;1-10-7(9)6-3-2-4-8-5-6;1-6-4-2-3-5-6/h13-20H,4-12H2,1-3H3;2-6H,1H3;2-5H,1H3;2,4-5H,3H2,1H3/q;;;+1/t13-,14+,15-,16-;;;/m1.../s1. The molecule has 2 aromatic rings. The lowest BCUT2D eigenvalue weighted by atomic mass is 10.0. The second-order valence-corrected chi connectivity index (χ2v) is 10.8. The van der Waals surface area contributed by atoms with Gasteiger partial charge in [-0.1, -0.05) is 64.2 Å². The minimum absolute atomic E-state index is 0.291. The fraction of sp³-hybridized carbons (Fsp3) is 0.556. The number of ether oxygens (including phenoxy) is 3. The molecule has 1 aromatic carbocycles. The SMILES string of the molecule is CCCCCCCCNC[C@H](OC)[C@@H](O)[C@H](O)[C@H](O)CC.COC(=O)c1ccccc1.COC(=O)c1cccnc1.C[N+]1=CCC=C1. The van der Waals surface area contributed by atoms with Crippen molar-refractivity contribution in [3.05, 3.63) is 78.3 Å². The zero-order valence-corrected chi connectivity index (χ0v) is 29.1. The molecule has 4 atom stereocenters. The van der Waals surface area contributed by atoms with Crippen LogP contribution in [0, 0.1) is 0 Å². The number of hydrogen-bond donors (Lipinski definition) is 4. The normalized spacial score (nSPS) is 13.9. The zero-order chi connectivity index (χ0) is 35.3. The summed E-state index contributed by atoms with van der Waals surface area (Å²) >= 11 is 0. The summed E-state index contributed by atoms with van der Waals surface area (Å²) in [6.45, 7) is 5.33. The first-order valence-electron chi connectivity index (χ1n) is 16.3. The van der Waals surface area contributed by atoms with Gasteiger partial charge in [0.2, 0.25) is 0 Å². The topological polar surface area (TPSA) is 150 Å². The second-order valence-electron chi connectivity index (χ2n) is 10.8. The number of pyridine rings is 1. The summed E-state index contributed by atoms with van der Waals surface area (Å²) < 4.78 is 16.2. The van der Waals surface area contributed by atoms with Gasteiger partial charge in [-0.05, 0) is 49.7 Å². The molecule has 1 aliphatic rings. The maximum atomic E-state index is 10.8. The third kappa shape index (κ3) is 21.1. The van der Waals surface area contributed by atoms with Crippen LogP contribution in [-0.4, -0.2) is 109 Å². The fourth-order valence-corrected chi connectivity index (χ4v) is 4.12. The Kier molecular flexibility index (Phi) is 26.6. The van der Waals surface area contributed by atoms with Gasteiger partial charge in [-0.3, -0.25) is 4.98 Å². The number of benzene rings is 1. The van der Waals surface area contributed by atoms with E-state index >= 15 is 0 Å². The smallest absolute Gasteiger partial charge is 0.339 e. The number of nitrogens with one attached hydrogen (secondary N) is 1. The monoisotopic (exact) mass is 660 g/mol. The Morgan fingerprint density at radius 2 is 1.49 bits per heavy atom. The molecule has 0 saturated heterocycles. The minimum atomic E-state index is -1.17. The van der Waals surface area contributed by atoms with Crippen LogP contribution in [0.15, 0.2) is 67.1 Å². The van der Waals surface area contributed by atoms with Crippen LogP contribution < -0.4 is 5.32 Å². The van der Waals surface area contributed by atoms with Crippen LogP contribution in [0.3, 0.4) is 0 Å². The molecule has 1 aliphatic heterocycles. The molecule has 0 aliphatic carbocycles. The van der Waals surface area contributed by atoms with Gasteiger partial charge in [0, 0.05) is 32.5 Å². The van der Waals surface area contributed by atoms with Crippen molar-refractivity contribution in [1.29, 1.82) is 0 Å². The van der Waals surface area contributed by atoms with Gasteiger partial charge in [0.25, 0.3) is 0 Å². The van der Waals surface area contributed by atoms with Crippen molar-refractivity contribution in [3.8, 4) is 0 Å². The van der Waals surface area contributed by atoms with Gasteiger partial charge in [0.1, 0.15) is 25.5 Å². The number of allylic oxidation sites excluding steroid dienone is 1. The molecule has 0 fully saturated rings. The summed E-state index contributed by atoms with van der Waals surface area (Å²) in [5, 5.41) is 32.6. The quantitative estimate of drug-likeness (QED) is 0.116. The Hall–Kier alpha value is -3.48. The molecule has 4 N–H and O–H groups in total. The van der Waals surface area contributed by atoms with Crippen molar-refractivity contribution in [2.24, 2.45) is 0 Å². The highest BCUT2D eigenvalue weighted by Crippen LogP contribution is 2.10. The number of esters is 2. The molecule has 2 heterocycles. The largest absolute Gasteiger partial charge is 0.465 e. The minimum Gasteiger partial charge on any atom is -0.465 e. The van der Waals surface area contributed by atoms with E-state index in [1.807, 2.05) is 13.1 Å². The Bertz CT molecular complexity index is 1060. The van der Waals surface area contributed by atoms with Crippen LogP contribution in [0.5, 0.6) is 0 Å². The van der Waals surface area contributed by atoms with Crippen molar-refractivity contribution in [1.82, 2.24) is 10.3 Å². The van der Waals surface area contributed by atoms with E-state index in [2.05, 4.69) is 49.8 Å². The van der Waals surface area contributed by atoms with Gasteiger partial charge in [-0.15, -0.1) is 0 Å². The molecule has 47 heavy (non-hydrogen) atoms. The molecule has 11 heteroatoms. The average molecular weight is 661 g/mol. The number of hydrogen-bond acceptors (Lipinski definition) is 10. The highest BCUT2D eigenvalue weighted by Gasteiger charge is 2.30. The molecule has 0 unspecified atom stereocenters. The van der Waals surface area contributed by atoms with E-state index in [9.17, 15) is 24.9 Å². The first-order valence-corrected chi connectivity index (χ1v) is 16.3. The predicted molar refractivity (Wildman–Crippen MR) is 185 cm³/mol. The maximum Gasteiger partial charge on any atom is 0.339 e. The van der Waals surface area contributed by atoms with Crippen LogP contribution in [0.2, 0.25) is 0 Å². The fourth-order valence-electron chi connectivity index (χ4n) is 4.12. The average Bonchev–Trinajstić information content (AvgIpc) is 3.61. The first-order chi connectivity index (χ1) is 22.7. The van der Waals surface area contributed by atoms with E-state index < -0.39 is 24.4 Å². The van der Waals surface area contributed by atoms with Crippen molar-refractivity contribution >= 4 is 18.2 Å². The Morgan fingerprint density at radius 1 is 0.872 bits per heavy atom. The molecule has 0 radical (unpaired) electrons. The summed E-state index contributed by atoms with van der Waals surface area (Å²) in [6.07, 6.45) is 14.7. The van der Waals surface area contributed by atoms with Crippen LogP contribution in [0.4, 0.5) is 0 Å². The Labute approximate surface area is 281 Å². The molecule has 1 aromatic heterocycles. The van der Waals surface area contributed by atoms with Crippen LogP contribution >= 0.6 is 0 Å². The van der Waals surface area contributed by atoms with Crippen molar-refractivity contribution in [2.75, 3.05) is 41.5 Å². The molecule has 0 spiro atoms. The molecule has 0 saturated carbocycles. The third-order valence-electron chi connectivity index (χ3n) is 7.05. The highest BCUT2D eigenvalue weighted by molar-refractivity contribution is 5.89. The molecule has 3 rings (SSSR count). The van der Waals surface area contributed by atoms with E-state index in [0.717, 1.165) is 19.4 Å². The van der Waals surface area contributed by atoms with E-state index in [1.54, 1.807) is 49.5 Å².